The number of aromatic nitrogens is 3. The lowest BCUT2D eigenvalue weighted by Crippen LogP contribution is -2.15. The van der Waals surface area contributed by atoms with Crippen molar-refractivity contribution in [3.8, 4) is 0 Å². The van der Waals surface area contributed by atoms with Crippen LogP contribution in [0.15, 0.2) is 6.20 Å². The molecule has 0 amide bonds. The first-order chi connectivity index (χ1) is 11.8. The van der Waals surface area contributed by atoms with Gasteiger partial charge >= 0.3 is 0 Å². The highest BCUT2D eigenvalue weighted by molar-refractivity contribution is 4.86. The minimum Gasteiger partial charge on any atom is -0.378 e. The van der Waals surface area contributed by atoms with Crippen LogP contribution in [0.4, 0.5) is 0 Å². The second-order valence-electron chi connectivity index (χ2n) is 4.97. The molecule has 0 atom stereocenters. The maximum Gasteiger partial charge on any atom is 0.0796 e. The Morgan fingerprint density at radius 3 is 1.67 bits per heavy atom. The monoisotopic (exact) mass is 346 g/mol. The van der Waals surface area contributed by atoms with Crippen LogP contribution in [0.25, 0.3) is 0 Å². The van der Waals surface area contributed by atoms with Crippen molar-refractivity contribution in [1.82, 2.24) is 15.0 Å². The van der Waals surface area contributed by atoms with Gasteiger partial charge < -0.3 is 29.4 Å². The van der Waals surface area contributed by atoms with Crippen LogP contribution in [-0.4, -0.2) is 87.6 Å². The summed E-state index contributed by atoms with van der Waals surface area (Å²) in [5, 5.41) is 7.85. The maximum absolute atomic E-state index is 5.45. The van der Waals surface area contributed by atoms with E-state index in [1.165, 1.54) is 0 Å². The first-order valence-electron chi connectivity index (χ1n) is 8.28. The van der Waals surface area contributed by atoms with Crippen LogP contribution in [0, 0.1) is 6.92 Å². The minimum absolute atomic E-state index is 0.537. The first kappa shape index (κ1) is 20.9. The summed E-state index contributed by atoms with van der Waals surface area (Å²) < 4.78 is 28.5. The van der Waals surface area contributed by atoms with Gasteiger partial charge in [0.25, 0.3) is 0 Å². The number of ether oxygens (including phenoxy) is 5. The lowest BCUT2D eigenvalue weighted by Gasteiger charge is -2.07. The number of hydrogen-bond donors (Lipinski definition) is 1. The van der Waals surface area contributed by atoms with Gasteiger partial charge in [-0.25, -0.2) is 4.68 Å². The molecule has 1 aromatic rings. The SMILES string of the molecule is Cc1cn(CCOCCOCCOCCOCCOCCN)nn1. The molecule has 9 nitrogen and oxygen atoms in total. The zero-order valence-electron chi connectivity index (χ0n) is 14.5. The largest absolute Gasteiger partial charge is 0.378 e. The summed E-state index contributed by atoms with van der Waals surface area (Å²) in [7, 11) is 0. The maximum atomic E-state index is 5.45. The Balaban J connectivity index is 1.70. The second-order valence-corrected chi connectivity index (χ2v) is 4.97. The van der Waals surface area contributed by atoms with E-state index in [0.29, 0.717) is 79.2 Å². The molecule has 24 heavy (non-hydrogen) atoms. The van der Waals surface area contributed by atoms with Crippen LogP contribution in [0.2, 0.25) is 0 Å². The summed E-state index contributed by atoms with van der Waals surface area (Å²) in [5.41, 5.74) is 6.20. The molecule has 0 aliphatic rings. The minimum atomic E-state index is 0.537. The zero-order chi connectivity index (χ0) is 17.3. The molecule has 9 heteroatoms. The van der Waals surface area contributed by atoms with Gasteiger partial charge in [-0.05, 0) is 6.92 Å². The molecule has 140 valence electrons. The fourth-order valence-corrected chi connectivity index (χ4v) is 1.73. The molecular weight excluding hydrogens is 316 g/mol. The molecule has 0 fully saturated rings. The average molecular weight is 346 g/mol. The second kappa shape index (κ2) is 15.4. The summed E-state index contributed by atoms with van der Waals surface area (Å²) in [5.74, 6) is 0. The molecule has 0 unspecified atom stereocenters. The smallest absolute Gasteiger partial charge is 0.0796 e. The van der Waals surface area contributed by atoms with E-state index in [1.54, 1.807) is 4.68 Å². The molecule has 0 saturated carbocycles. The van der Waals surface area contributed by atoms with Crippen LogP contribution in [0.1, 0.15) is 5.69 Å². The van der Waals surface area contributed by atoms with Crippen LogP contribution in [-0.2, 0) is 30.2 Å². The van der Waals surface area contributed by atoms with Gasteiger partial charge in [0.15, 0.2) is 0 Å². The number of nitrogens with two attached hydrogens (primary N) is 1. The standard InChI is InChI=1S/C15H30N4O5/c1-15-14-19(18-17-15)3-5-21-7-9-23-11-13-24-12-10-22-8-6-20-4-2-16/h14H,2-13,16H2,1H3. The molecule has 2 N–H and O–H groups in total. The van der Waals surface area contributed by atoms with Gasteiger partial charge in [-0.1, -0.05) is 5.21 Å². The molecule has 0 aliphatic heterocycles. The van der Waals surface area contributed by atoms with Crippen LogP contribution in [0.5, 0.6) is 0 Å². The average Bonchev–Trinajstić information content (AvgIpc) is 3.00. The third-order valence-corrected chi connectivity index (χ3v) is 2.87. The normalized spacial score (nSPS) is 11.2. The van der Waals surface area contributed by atoms with Gasteiger partial charge in [-0.15, -0.1) is 5.10 Å². The summed E-state index contributed by atoms with van der Waals surface area (Å²) in [4.78, 5) is 0. The van der Waals surface area contributed by atoms with Crippen molar-refractivity contribution in [2.45, 2.75) is 13.5 Å². The van der Waals surface area contributed by atoms with E-state index in [4.69, 9.17) is 29.4 Å². The van der Waals surface area contributed by atoms with Crippen molar-refractivity contribution < 1.29 is 23.7 Å². The van der Waals surface area contributed by atoms with Gasteiger partial charge in [0.1, 0.15) is 0 Å². The molecule has 0 spiro atoms. The highest BCUT2D eigenvalue weighted by Gasteiger charge is 1.96. The molecule has 0 saturated heterocycles. The molecule has 0 aromatic carbocycles. The van der Waals surface area contributed by atoms with Crippen molar-refractivity contribution in [2.75, 3.05) is 72.6 Å². The quantitative estimate of drug-likeness (QED) is 0.381. The Kier molecular flexibility index (Phi) is 13.5. The van der Waals surface area contributed by atoms with Gasteiger partial charge in [-0.2, -0.15) is 0 Å². The van der Waals surface area contributed by atoms with Crippen molar-refractivity contribution >= 4 is 0 Å². The number of rotatable bonds is 17. The molecular formula is C15H30N4O5. The Morgan fingerprint density at radius 1 is 0.792 bits per heavy atom. The summed E-state index contributed by atoms with van der Waals surface area (Å²) in [6.45, 7) is 8.73. The summed E-state index contributed by atoms with van der Waals surface area (Å²) in [6.07, 6.45) is 1.88. The van der Waals surface area contributed by atoms with E-state index >= 15 is 0 Å². The van der Waals surface area contributed by atoms with Gasteiger partial charge in [-0.3, -0.25) is 0 Å². The van der Waals surface area contributed by atoms with Crippen molar-refractivity contribution in [2.24, 2.45) is 5.73 Å². The Labute approximate surface area is 143 Å². The number of hydrogen-bond acceptors (Lipinski definition) is 8. The summed E-state index contributed by atoms with van der Waals surface area (Å²) in [6, 6.07) is 0. The third-order valence-electron chi connectivity index (χ3n) is 2.87. The van der Waals surface area contributed by atoms with Crippen LogP contribution in [0.3, 0.4) is 0 Å². The predicted molar refractivity (Wildman–Crippen MR) is 87.9 cm³/mol. The molecule has 0 aliphatic carbocycles. The van der Waals surface area contributed by atoms with E-state index in [9.17, 15) is 0 Å². The van der Waals surface area contributed by atoms with Crippen molar-refractivity contribution in [3.05, 3.63) is 11.9 Å². The highest BCUT2D eigenvalue weighted by Crippen LogP contribution is 1.90. The van der Waals surface area contributed by atoms with E-state index in [-0.39, 0.29) is 0 Å². The Morgan fingerprint density at radius 2 is 1.25 bits per heavy atom. The van der Waals surface area contributed by atoms with Gasteiger partial charge in [0, 0.05) is 12.7 Å². The molecule has 1 rings (SSSR count). The Bertz CT molecular complexity index is 392. The lowest BCUT2D eigenvalue weighted by atomic mass is 10.5. The Hall–Kier alpha value is -1.10. The van der Waals surface area contributed by atoms with Gasteiger partial charge in [0.05, 0.1) is 78.3 Å². The predicted octanol–water partition coefficient (Wildman–Crippen LogP) is -0.372. The van der Waals surface area contributed by atoms with Gasteiger partial charge in [0.2, 0.25) is 0 Å². The van der Waals surface area contributed by atoms with Crippen LogP contribution >= 0.6 is 0 Å². The highest BCUT2D eigenvalue weighted by atomic mass is 16.6. The zero-order valence-corrected chi connectivity index (χ0v) is 14.5. The lowest BCUT2D eigenvalue weighted by molar-refractivity contribution is -0.0111. The third kappa shape index (κ3) is 12.3. The summed E-state index contributed by atoms with van der Waals surface area (Å²) >= 11 is 0. The first-order valence-corrected chi connectivity index (χ1v) is 8.28. The fourth-order valence-electron chi connectivity index (χ4n) is 1.73. The van der Waals surface area contributed by atoms with E-state index in [0.717, 1.165) is 5.69 Å². The van der Waals surface area contributed by atoms with Crippen LogP contribution < -0.4 is 5.73 Å². The van der Waals surface area contributed by atoms with E-state index < -0.39 is 0 Å². The van der Waals surface area contributed by atoms with E-state index in [1.807, 2.05) is 13.1 Å². The molecule has 1 aromatic heterocycles. The number of nitrogens with zero attached hydrogens (tertiary/aromatic N) is 3. The molecule has 1 heterocycles. The molecule has 0 radical (unpaired) electrons. The topological polar surface area (TPSA) is 103 Å². The fraction of sp³-hybridized carbons (Fsp3) is 0.867. The van der Waals surface area contributed by atoms with E-state index in [2.05, 4.69) is 10.3 Å². The molecule has 0 bridgehead atoms. The van der Waals surface area contributed by atoms with Crippen molar-refractivity contribution in [3.63, 3.8) is 0 Å². The number of aryl methyl sites for hydroxylation is 1. The van der Waals surface area contributed by atoms with Crippen molar-refractivity contribution in [1.29, 1.82) is 0 Å².